The molecule has 0 aromatic heterocycles. The molecule has 0 saturated heterocycles. The second-order valence-electron chi connectivity index (χ2n) is 4.20. The van der Waals surface area contributed by atoms with Gasteiger partial charge in [-0.1, -0.05) is 48.6 Å². The number of hydrogen-bond acceptors (Lipinski definition) is 0. The van der Waals surface area contributed by atoms with Crippen LogP contribution >= 0.6 is 0 Å². The van der Waals surface area contributed by atoms with E-state index in [1.54, 1.807) is 0 Å². The Hall–Kier alpha value is 0.839. The zero-order chi connectivity index (χ0) is 11.3. The molecular formula is C16H24Cl2Ir2-2. The predicted octanol–water partition coefficient (Wildman–Crippen LogP) is -0.651. The second-order valence-corrected chi connectivity index (χ2v) is 4.20. The Labute approximate surface area is 164 Å². The molecule has 0 nitrogen and oxygen atoms in total. The standard InChI is InChI=1S/2C8H12.2ClH.2Ir/c2*1-2-4-6-8-7-5-3-1;;;;/h2*1-2,7-8H,3-6H2;2*1H;;/p-2. The Morgan fingerprint density at radius 2 is 0.400 bits per heavy atom. The summed E-state index contributed by atoms with van der Waals surface area (Å²) in [6, 6.07) is 0. The maximum atomic E-state index is 2.27. The van der Waals surface area contributed by atoms with Crippen LogP contribution in [0.25, 0.3) is 0 Å². The van der Waals surface area contributed by atoms with Gasteiger partial charge in [-0.05, 0) is 51.4 Å². The molecule has 2 radical (unpaired) electrons. The van der Waals surface area contributed by atoms with Crippen LogP contribution in [0.1, 0.15) is 51.4 Å². The minimum absolute atomic E-state index is 0. The van der Waals surface area contributed by atoms with Crippen LogP contribution in [0.15, 0.2) is 48.6 Å². The topological polar surface area (TPSA) is 0 Å². The molecule has 0 heterocycles. The minimum Gasteiger partial charge on any atom is -1.00 e. The summed E-state index contributed by atoms with van der Waals surface area (Å²) >= 11 is 0. The molecule has 0 amide bonds. The Kier molecular flexibility index (Phi) is 35.9. The normalized spacial score (nSPS) is 16.0. The van der Waals surface area contributed by atoms with E-state index < -0.39 is 0 Å². The van der Waals surface area contributed by atoms with E-state index in [0.29, 0.717) is 0 Å². The van der Waals surface area contributed by atoms with Gasteiger partial charge in [-0.15, -0.1) is 0 Å². The van der Waals surface area contributed by atoms with E-state index in [1.807, 2.05) is 0 Å². The molecule has 2 aliphatic rings. The molecular weight excluding hydrogens is 648 g/mol. The molecule has 0 atom stereocenters. The Bertz CT molecular complexity index is 192. The van der Waals surface area contributed by atoms with Gasteiger partial charge in [0.15, 0.2) is 0 Å². The van der Waals surface area contributed by atoms with Crippen molar-refractivity contribution in [2.75, 3.05) is 0 Å². The van der Waals surface area contributed by atoms with Crippen molar-refractivity contribution >= 4 is 0 Å². The molecule has 0 N–H and O–H groups in total. The molecule has 0 aromatic carbocycles. The van der Waals surface area contributed by atoms with Crippen LogP contribution in [0.4, 0.5) is 0 Å². The maximum Gasteiger partial charge on any atom is 0 e. The summed E-state index contributed by atoms with van der Waals surface area (Å²) in [6.07, 6.45) is 28.0. The van der Waals surface area contributed by atoms with E-state index in [-0.39, 0.29) is 65.0 Å². The summed E-state index contributed by atoms with van der Waals surface area (Å²) in [5.41, 5.74) is 0. The Balaban J connectivity index is -0.000000107. The first-order chi connectivity index (χ1) is 8.00. The second kappa shape index (κ2) is 24.8. The summed E-state index contributed by atoms with van der Waals surface area (Å²) in [7, 11) is 0. The SMILES string of the molecule is C1=CCCC=CCC1.C1=CCCC=CCC1.[Cl-].[Cl-].[Ir].[Ir]. The van der Waals surface area contributed by atoms with Crippen molar-refractivity contribution in [1.29, 1.82) is 0 Å². The fourth-order valence-electron chi connectivity index (χ4n) is 1.71. The fourth-order valence-corrected chi connectivity index (χ4v) is 1.71. The molecule has 0 aliphatic heterocycles. The van der Waals surface area contributed by atoms with Crippen molar-refractivity contribution in [3.63, 3.8) is 0 Å². The zero-order valence-electron chi connectivity index (χ0n) is 11.7. The van der Waals surface area contributed by atoms with Gasteiger partial charge in [-0.3, -0.25) is 0 Å². The van der Waals surface area contributed by atoms with Gasteiger partial charge >= 0.3 is 0 Å². The molecule has 20 heavy (non-hydrogen) atoms. The van der Waals surface area contributed by atoms with Crippen LogP contribution < -0.4 is 24.8 Å². The molecule has 4 heteroatoms. The van der Waals surface area contributed by atoms with Crippen molar-refractivity contribution in [3.8, 4) is 0 Å². The third kappa shape index (κ3) is 21.1. The Morgan fingerprint density at radius 3 is 0.500 bits per heavy atom. The monoisotopic (exact) mass is 672 g/mol. The van der Waals surface area contributed by atoms with Crippen LogP contribution in [-0.4, -0.2) is 0 Å². The molecule has 0 aromatic rings. The number of rotatable bonds is 0. The first-order valence-electron chi connectivity index (χ1n) is 6.60. The summed E-state index contributed by atoms with van der Waals surface area (Å²) < 4.78 is 0. The smallest absolute Gasteiger partial charge is 0 e. The van der Waals surface area contributed by atoms with Gasteiger partial charge in [-0.2, -0.15) is 0 Å². The zero-order valence-corrected chi connectivity index (χ0v) is 18.0. The molecule has 0 saturated carbocycles. The number of allylic oxidation sites excluding steroid dienone is 8. The molecule has 0 bridgehead atoms. The van der Waals surface area contributed by atoms with Crippen molar-refractivity contribution in [3.05, 3.63) is 48.6 Å². The van der Waals surface area contributed by atoms with E-state index in [4.69, 9.17) is 0 Å². The molecule has 0 spiro atoms. The van der Waals surface area contributed by atoms with Crippen molar-refractivity contribution in [1.82, 2.24) is 0 Å². The van der Waals surface area contributed by atoms with Crippen molar-refractivity contribution in [2.45, 2.75) is 51.4 Å². The van der Waals surface area contributed by atoms with Gasteiger partial charge < -0.3 is 24.8 Å². The quantitative estimate of drug-likeness (QED) is 0.301. The third-order valence-electron chi connectivity index (χ3n) is 2.67. The van der Waals surface area contributed by atoms with Crippen LogP contribution in [-0.2, 0) is 40.2 Å². The van der Waals surface area contributed by atoms with Gasteiger partial charge in [0.1, 0.15) is 0 Å². The van der Waals surface area contributed by atoms with Gasteiger partial charge in [0, 0.05) is 40.2 Å². The van der Waals surface area contributed by atoms with Crippen molar-refractivity contribution in [2.24, 2.45) is 0 Å². The van der Waals surface area contributed by atoms with Crippen LogP contribution in [0.5, 0.6) is 0 Å². The maximum absolute atomic E-state index is 2.27. The summed E-state index contributed by atoms with van der Waals surface area (Å²) in [5.74, 6) is 0. The largest absolute Gasteiger partial charge is 1.00 e. The number of hydrogen-bond donors (Lipinski definition) is 0. The van der Waals surface area contributed by atoms with E-state index in [0.717, 1.165) is 0 Å². The first kappa shape index (κ1) is 28.9. The molecule has 0 fully saturated rings. The van der Waals surface area contributed by atoms with E-state index in [2.05, 4.69) is 48.6 Å². The van der Waals surface area contributed by atoms with E-state index in [9.17, 15) is 0 Å². The van der Waals surface area contributed by atoms with E-state index >= 15 is 0 Å². The van der Waals surface area contributed by atoms with E-state index in [1.165, 1.54) is 51.4 Å². The van der Waals surface area contributed by atoms with Crippen LogP contribution in [0, 0.1) is 0 Å². The summed E-state index contributed by atoms with van der Waals surface area (Å²) in [5, 5.41) is 0. The van der Waals surface area contributed by atoms with Gasteiger partial charge in [0.2, 0.25) is 0 Å². The van der Waals surface area contributed by atoms with Gasteiger partial charge in [0.25, 0.3) is 0 Å². The average Bonchev–Trinajstić information content (AvgIpc) is 2.15. The predicted molar refractivity (Wildman–Crippen MR) is 73.5 cm³/mol. The third-order valence-corrected chi connectivity index (χ3v) is 2.67. The Morgan fingerprint density at radius 1 is 0.300 bits per heavy atom. The molecule has 0 unspecified atom stereocenters. The van der Waals surface area contributed by atoms with Gasteiger partial charge in [0.05, 0.1) is 0 Å². The minimum atomic E-state index is 0. The fraction of sp³-hybridized carbons (Fsp3) is 0.500. The van der Waals surface area contributed by atoms with Crippen LogP contribution in [0.2, 0.25) is 0 Å². The number of halogens is 2. The summed E-state index contributed by atoms with van der Waals surface area (Å²) in [6.45, 7) is 0. The molecule has 122 valence electrons. The molecule has 2 aliphatic carbocycles. The van der Waals surface area contributed by atoms with Crippen LogP contribution in [0.3, 0.4) is 0 Å². The van der Waals surface area contributed by atoms with Crippen molar-refractivity contribution < 1.29 is 65.0 Å². The summed E-state index contributed by atoms with van der Waals surface area (Å²) in [4.78, 5) is 0. The average molecular weight is 672 g/mol. The van der Waals surface area contributed by atoms with Gasteiger partial charge in [-0.25, -0.2) is 0 Å². The first-order valence-corrected chi connectivity index (χ1v) is 6.60. The molecule has 2 rings (SSSR count).